The standard InChI is InChI=1S/C15H14O/c1-2-3-6-11-16-15-10-9-13-7-4-5-8-14(13)12-15/h4-5,7-10,12H,6,11H2,1H3. The van der Waals surface area contributed by atoms with Gasteiger partial charge in [0.1, 0.15) is 5.75 Å². The van der Waals surface area contributed by atoms with Crippen LogP contribution in [0.3, 0.4) is 0 Å². The number of hydrogen-bond acceptors (Lipinski definition) is 1. The molecule has 0 radical (unpaired) electrons. The van der Waals surface area contributed by atoms with E-state index in [-0.39, 0.29) is 0 Å². The van der Waals surface area contributed by atoms with E-state index >= 15 is 0 Å². The number of hydrogen-bond donors (Lipinski definition) is 0. The Hall–Kier alpha value is -1.94. The van der Waals surface area contributed by atoms with Crippen molar-refractivity contribution in [3.05, 3.63) is 42.5 Å². The third-order valence-corrected chi connectivity index (χ3v) is 2.39. The van der Waals surface area contributed by atoms with E-state index in [1.165, 1.54) is 10.8 Å². The fourth-order valence-corrected chi connectivity index (χ4v) is 1.60. The smallest absolute Gasteiger partial charge is 0.119 e. The van der Waals surface area contributed by atoms with E-state index in [2.05, 4.69) is 36.1 Å². The first-order chi connectivity index (χ1) is 7.90. The first-order valence-corrected chi connectivity index (χ1v) is 5.41. The van der Waals surface area contributed by atoms with Crippen LogP contribution in [0.5, 0.6) is 5.75 Å². The summed E-state index contributed by atoms with van der Waals surface area (Å²) in [6.07, 6.45) is 0.781. The number of benzene rings is 2. The van der Waals surface area contributed by atoms with Gasteiger partial charge in [-0.25, -0.2) is 0 Å². The maximum atomic E-state index is 5.61. The second-order valence-electron chi connectivity index (χ2n) is 3.53. The molecule has 2 aromatic rings. The molecule has 0 heterocycles. The van der Waals surface area contributed by atoms with Crippen molar-refractivity contribution in [3.63, 3.8) is 0 Å². The summed E-state index contributed by atoms with van der Waals surface area (Å²) in [6, 6.07) is 14.4. The van der Waals surface area contributed by atoms with E-state index in [0.29, 0.717) is 6.61 Å². The molecular weight excluding hydrogens is 196 g/mol. The van der Waals surface area contributed by atoms with E-state index < -0.39 is 0 Å². The lowest BCUT2D eigenvalue weighted by molar-refractivity contribution is 0.327. The van der Waals surface area contributed by atoms with Gasteiger partial charge >= 0.3 is 0 Å². The van der Waals surface area contributed by atoms with Crippen molar-refractivity contribution in [2.45, 2.75) is 13.3 Å². The zero-order chi connectivity index (χ0) is 11.2. The zero-order valence-electron chi connectivity index (χ0n) is 9.36. The molecule has 1 heteroatoms. The van der Waals surface area contributed by atoms with Crippen LogP contribution in [0.1, 0.15) is 13.3 Å². The molecule has 0 unspecified atom stereocenters. The summed E-state index contributed by atoms with van der Waals surface area (Å²) >= 11 is 0. The van der Waals surface area contributed by atoms with Gasteiger partial charge in [-0.05, 0) is 29.8 Å². The Kier molecular flexibility index (Phi) is 3.46. The Bertz CT molecular complexity index is 532. The van der Waals surface area contributed by atoms with E-state index in [4.69, 9.17) is 4.74 Å². The van der Waals surface area contributed by atoms with Gasteiger partial charge in [-0.3, -0.25) is 0 Å². The maximum absolute atomic E-state index is 5.61. The highest BCUT2D eigenvalue weighted by molar-refractivity contribution is 5.83. The lowest BCUT2D eigenvalue weighted by Crippen LogP contribution is -1.95. The summed E-state index contributed by atoms with van der Waals surface area (Å²) in [5.41, 5.74) is 0. The number of ether oxygens (including phenoxy) is 1. The lowest BCUT2D eigenvalue weighted by Gasteiger charge is -2.05. The summed E-state index contributed by atoms with van der Waals surface area (Å²) < 4.78 is 5.61. The van der Waals surface area contributed by atoms with Gasteiger partial charge in [0.2, 0.25) is 0 Å². The maximum Gasteiger partial charge on any atom is 0.119 e. The van der Waals surface area contributed by atoms with Crippen molar-refractivity contribution in [1.82, 2.24) is 0 Å². The van der Waals surface area contributed by atoms with Crippen molar-refractivity contribution in [2.24, 2.45) is 0 Å². The minimum Gasteiger partial charge on any atom is -0.493 e. The highest BCUT2D eigenvalue weighted by atomic mass is 16.5. The SMILES string of the molecule is CC#CCCOc1ccc2ccccc2c1. The van der Waals surface area contributed by atoms with Gasteiger partial charge in [0.25, 0.3) is 0 Å². The molecule has 0 bridgehead atoms. The summed E-state index contributed by atoms with van der Waals surface area (Å²) in [5.74, 6) is 6.75. The molecule has 0 aliphatic carbocycles. The van der Waals surface area contributed by atoms with Crippen LogP contribution in [0.25, 0.3) is 10.8 Å². The van der Waals surface area contributed by atoms with Gasteiger partial charge in [-0.15, -0.1) is 11.8 Å². The molecule has 0 fully saturated rings. The van der Waals surface area contributed by atoms with Crippen molar-refractivity contribution >= 4 is 10.8 Å². The van der Waals surface area contributed by atoms with Crippen LogP contribution in [0.15, 0.2) is 42.5 Å². The molecule has 80 valence electrons. The third kappa shape index (κ3) is 2.55. The molecule has 0 aliphatic rings. The Balaban J connectivity index is 2.09. The Morgan fingerprint density at radius 2 is 1.88 bits per heavy atom. The quantitative estimate of drug-likeness (QED) is 0.555. The molecule has 0 saturated carbocycles. The molecule has 2 aromatic carbocycles. The van der Waals surface area contributed by atoms with Gasteiger partial charge in [0, 0.05) is 6.42 Å². The summed E-state index contributed by atoms with van der Waals surface area (Å²) in [6.45, 7) is 2.50. The van der Waals surface area contributed by atoms with Gasteiger partial charge in [0.15, 0.2) is 0 Å². The molecule has 0 saturated heterocycles. The van der Waals surface area contributed by atoms with Crippen LogP contribution in [0, 0.1) is 11.8 Å². The largest absolute Gasteiger partial charge is 0.493 e. The van der Waals surface area contributed by atoms with Gasteiger partial charge in [-0.2, -0.15) is 0 Å². The molecule has 0 spiro atoms. The first kappa shape index (κ1) is 10.6. The molecule has 1 nitrogen and oxygen atoms in total. The Morgan fingerprint density at radius 1 is 1.06 bits per heavy atom. The summed E-state index contributed by atoms with van der Waals surface area (Å²) in [4.78, 5) is 0. The van der Waals surface area contributed by atoms with Gasteiger partial charge in [0.05, 0.1) is 6.61 Å². The lowest BCUT2D eigenvalue weighted by atomic mass is 10.1. The molecule has 16 heavy (non-hydrogen) atoms. The van der Waals surface area contributed by atoms with Crippen molar-refractivity contribution in [1.29, 1.82) is 0 Å². The van der Waals surface area contributed by atoms with Crippen LogP contribution in [-0.2, 0) is 0 Å². The minimum absolute atomic E-state index is 0.652. The van der Waals surface area contributed by atoms with Crippen LogP contribution >= 0.6 is 0 Å². The number of rotatable bonds is 3. The van der Waals surface area contributed by atoms with E-state index in [0.717, 1.165) is 12.2 Å². The molecule has 0 amide bonds. The average Bonchev–Trinajstić information content (AvgIpc) is 2.34. The third-order valence-electron chi connectivity index (χ3n) is 2.39. The molecule has 0 atom stereocenters. The van der Waals surface area contributed by atoms with E-state index in [1.54, 1.807) is 0 Å². The summed E-state index contributed by atoms with van der Waals surface area (Å²) in [7, 11) is 0. The molecule has 0 aromatic heterocycles. The zero-order valence-corrected chi connectivity index (χ0v) is 9.36. The van der Waals surface area contributed by atoms with Crippen molar-refractivity contribution in [2.75, 3.05) is 6.61 Å². The average molecular weight is 210 g/mol. The summed E-state index contributed by atoms with van der Waals surface area (Å²) in [5, 5.41) is 2.45. The predicted molar refractivity (Wildman–Crippen MR) is 67.5 cm³/mol. The second-order valence-corrected chi connectivity index (χ2v) is 3.53. The first-order valence-electron chi connectivity index (χ1n) is 5.41. The second kappa shape index (κ2) is 5.23. The van der Waals surface area contributed by atoms with Crippen LogP contribution < -0.4 is 4.74 Å². The molecule has 0 aliphatic heterocycles. The van der Waals surface area contributed by atoms with E-state index in [9.17, 15) is 0 Å². The van der Waals surface area contributed by atoms with Gasteiger partial charge in [-0.1, -0.05) is 30.3 Å². The number of fused-ring (bicyclic) bond motifs is 1. The van der Waals surface area contributed by atoms with Gasteiger partial charge < -0.3 is 4.74 Å². The van der Waals surface area contributed by atoms with Crippen molar-refractivity contribution < 1.29 is 4.74 Å². The topological polar surface area (TPSA) is 9.23 Å². The molecule has 0 N–H and O–H groups in total. The van der Waals surface area contributed by atoms with Crippen LogP contribution in [0.4, 0.5) is 0 Å². The Labute approximate surface area is 96.1 Å². The minimum atomic E-state index is 0.652. The fraction of sp³-hybridized carbons (Fsp3) is 0.200. The van der Waals surface area contributed by atoms with E-state index in [1.807, 2.05) is 25.1 Å². The van der Waals surface area contributed by atoms with Crippen LogP contribution in [-0.4, -0.2) is 6.61 Å². The predicted octanol–water partition coefficient (Wildman–Crippen LogP) is 3.63. The highest BCUT2D eigenvalue weighted by Gasteiger charge is 1.95. The monoisotopic (exact) mass is 210 g/mol. The van der Waals surface area contributed by atoms with Crippen LogP contribution in [0.2, 0.25) is 0 Å². The Morgan fingerprint density at radius 3 is 2.69 bits per heavy atom. The highest BCUT2D eigenvalue weighted by Crippen LogP contribution is 2.20. The fourth-order valence-electron chi connectivity index (χ4n) is 1.60. The molecule has 2 rings (SSSR count). The normalized spacial score (nSPS) is 9.56. The van der Waals surface area contributed by atoms with Crippen molar-refractivity contribution in [3.8, 4) is 17.6 Å². The molecular formula is C15H14O.